The van der Waals surface area contributed by atoms with Crippen molar-refractivity contribution in [3.63, 3.8) is 0 Å². The van der Waals surface area contributed by atoms with E-state index in [4.69, 9.17) is 0 Å². The molecule has 0 spiro atoms. The Balaban J connectivity index is 2.45. The molecule has 0 radical (unpaired) electrons. The van der Waals surface area contributed by atoms with E-state index in [-0.39, 0.29) is 5.56 Å². The van der Waals surface area contributed by atoms with Crippen molar-refractivity contribution in [2.75, 3.05) is 0 Å². The van der Waals surface area contributed by atoms with Crippen LogP contribution in [0, 0.1) is 0 Å². The zero-order valence-electron chi connectivity index (χ0n) is 10.1. The Bertz CT molecular complexity index is 643. The molecule has 2 aromatic carbocycles. The second-order valence-corrected chi connectivity index (χ2v) is 4.11. The molecule has 0 aliphatic heterocycles. The normalized spacial score (nSPS) is 11.2. The highest BCUT2D eigenvalue weighted by molar-refractivity contribution is 6.10. The largest absolute Gasteiger partial charge is 0.417 e. The number of rotatable bonds is 3. The standard InChI is InChI=1S/C15H9F3O2/c16-15(17,18)13-4-2-1-3-12(13)14(20)11-7-5-10(9-19)6-8-11/h1-9H. The Kier molecular flexibility index (Phi) is 3.70. The second-order valence-electron chi connectivity index (χ2n) is 4.11. The third-order valence-electron chi connectivity index (χ3n) is 2.79. The quantitative estimate of drug-likeness (QED) is 0.633. The van der Waals surface area contributed by atoms with E-state index < -0.39 is 23.1 Å². The van der Waals surface area contributed by atoms with Crippen molar-refractivity contribution in [1.29, 1.82) is 0 Å². The zero-order chi connectivity index (χ0) is 14.8. The summed E-state index contributed by atoms with van der Waals surface area (Å²) in [5, 5.41) is 0. The van der Waals surface area contributed by atoms with Crippen molar-refractivity contribution in [3.05, 3.63) is 70.8 Å². The maximum Gasteiger partial charge on any atom is 0.417 e. The van der Waals surface area contributed by atoms with Gasteiger partial charge in [-0.15, -0.1) is 0 Å². The van der Waals surface area contributed by atoms with Crippen LogP contribution in [0.15, 0.2) is 48.5 Å². The van der Waals surface area contributed by atoms with Gasteiger partial charge < -0.3 is 0 Å². The molecule has 0 bridgehead atoms. The lowest BCUT2D eigenvalue weighted by molar-refractivity contribution is -0.137. The first-order valence-electron chi connectivity index (χ1n) is 5.69. The third kappa shape index (κ3) is 2.77. The zero-order valence-corrected chi connectivity index (χ0v) is 10.1. The highest BCUT2D eigenvalue weighted by Gasteiger charge is 2.34. The summed E-state index contributed by atoms with van der Waals surface area (Å²) >= 11 is 0. The molecule has 5 heteroatoms. The van der Waals surface area contributed by atoms with Crippen molar-refractivity contribution in [2.45, 2.75) is 6.18 Å². The number of ketones is 1. The minimum absolute atomic E-state index is 0.104. The van der Waals surface area contributed by atoms with Crippen molar-refractivity contribution in [2.24, 2.45) is 0 Å². The predicted octanol–water partition coefficient (Wildman–Crippen LogP) is 3.75. The number of benzene rings is 2. The summed E-state index contributed by atoms with van der Waals surface area (Å²) in [5.74, 6) is -0.727. The minimum Gasteiger partial charge on any atom is -0.298 e. The summed E-state index contributed by atoms with van der Waals surface area (Å²) in [7, 11) is 0. The Hall–Kier alpha value is -2.43. The first-order chi connectivity index (χ1) is 9.43. The van der Waals surface area contributed by atoms with Gasteiger partial charge in [0.15, 0.2) is 5.78 Å². The van der Waals surface area contributed by atoms with Gasteiger partial charge in [0.25, 0.3) is 0 Å². The van der Waals surface area contributed by atoms with Gasteiger partial charge in [0.05, 0.1) is 5.56 Å². The van der Waals surface area contributed by atoms with Gasteiger partial charge in [0, 0.05) is 16.7 Å². The molecule has 2 nitrogen and oxygen atoms in total. The van der Waals surface area contributed by atoms with E-state index >= 15 is 0 Å². The summed E-state index contributed by atoms with van der Waals surface area (Å²) in [6, 6.07) is 10.1. The second kappa shape index (κ2) is 5.28. The van der Waals surface area contributed by atoms with Crippen LogP contribution < -0.4 is 0 Å². The van der Waals surface area contributed by atoms with Crippen molar-refractivity contribution < 1.29 is 22.8 Å². The van der Waals surface area contributed by atoms with Gasteiger partial charge >= 0.3 is 6.18 Å². The smallest absolute Gasteiger partial charge is 0.298 e. The van der Waals surface area contributed by atoms with Crippen LogP contribution in [-0.4, -0.2) is 12.1 Å². The van der Waals surface area contributed by atoms with Gasteiger partial charge in [0.1, 0.15) is 6.29 Å². The van der Waals surface area contributed by atoms with Gasteiger partial charge in [-0.3, -0.25) is 9.59 Å². The van der Waals surface area contributed by atoms with Gasteiger partial charge in [0.2, 0.25) is 0 Å². The molecule has 0 saturated carbocycles. The molecule has 0 N–H and O–H groups in total. The Morgan fingerprint density at radius 1 is 0.950 bits per heavy atom. The fourth-order valence-corrected chi connectivity index (χ4v) is 1.80. The van der Waals surface area contributed by atoms with Crippen LogP contribution >= 0.6 is 0 Å². The highest BCUT2D eigenvalue weighted by Crippen LogP contribution is 2.32. The monoisotopic (exact) mass is 278 g/mol. The number of carbonyl (C=O) groups is 2. The maximum atomic E-state index is 12.8. The third-order valence-corrected chi connectivity index (χ3v) is 2.79. The summed E-state index contributed by atoms with van der Waals surface area (Å²) in [6.45, 7) is 0. The predicted molar refractivity (Wildman–Crippen MR) is 66.7 cm³/mol. The summed E-state index contributed by atoms with van der Waals surface area (Å²) in [6.07, 6.45) is -3.99. The van der Waals surface area contributed by atoms with E-state index in [0.29, 0.717) is 11.8 Å². The molecule has 102 valence electrons. The van der Waals surface area contributed by atoms with Crippen molar-refractivity contribution in [1.82, 2.24) is 0 Å². The number of aldehydes is 1. The number of alkyl halides is 3. The van der Waals surface area contributed by atoms with Gasteiger partial charge in [-0.25, -0.2) is 0 Å². The molecule has 0 atom stereocenters. The Morgan fingerprint density at radius 3 is 2.10 bits per heavy atom. The number of hydrogen-bond acceptors (Lipinski definition) is 2. The summed E-state index contributed by atoms with van der Waals surface area (Å²) in [4.78, 5) is 22.6. The average molecular weight is 278 g/mol. The molecule has 20 heavy (non-hydrogen) atoms. The van der Waals surface area contributed by atoms with Crippen LogP contribution in [-0.2, 0) is 6.18 Å². The molecule has 0 unspecified atom stereocenters. The molecule has 2 aromatic rings. The first kappa shape index (κ1) is 14.0. The highest BCUT2D eigenvalue weighted by atomic mass is 19.4. The molecule has 0 aliphatic carbocycles. The van der Waals surface area contributed by atoms with E-state index in [9.17, 15) is 22.8 Å². The summed E-state index contributed by atoms with van der Waals surface area (Å²) < 4.78 is 38.5. The van der Waals surface area contributed by atoms with Gasteiger partial charge in [-0.2, -0.15) is 13.2 Å². The fraction of sp³-hybridized carbons (Fsp3) is 0.0667. The maximum absolute atomic E-state index is 12.8. The molecular formula is C15H9F3O2. The lowest BCUT2D eigenvalue weighted by Crippen LogP contribution is -2.13. The molecule has 0 heterocycles. The topological polar surface area (TPSA) is 34.1 Å². The molecule has 0 amide bonds. The van der Waals surface area contributed by atoms with Crippen LogP contribution in [0.2, 0.25) is 0 Å². The first-order valence-corrected chi connectivity index (χ1v) is 5.69. The van der Waals surface area contributed by atoms with Gasteiger partial charge in [-0.05, 0) is 6.07 Å². The van der Waals surface area contributed by atoms with Crippen LogP contribution in [0.1, 0.15) is 31.8 Å². The van der Waals surface area contributed by atoms with Crippen LogP contribution in [0.4, 0.5) is 13.2 Å². The Labute approximate surface area is 112 Å². The number of halogens is 3. The number of hydrogen-bond donors (Lipinski definition) is 0. The van der Waals surface area contributed by atoms with E-state index in [1.54, 1.807) is 0 Å². The average Bonchev–Trinajstić information content (AvgIpc) is 2.46. The molecule has 0 fully saturated rings. The van der Waals surface area contributed by atoms with Crippen molar-refractivity contribution >= 4 is 12.1 Å². The SMILES string of the molecule is O=Cc1ccc(C(=O)c2ccccc2C(F)(F)F)cc1. The lowest BCUT2D eigenvalue weighted by Gasteiger charge is -2.11. The van der Waals surface area contributed by atoms with Crippen molar-refractivity contribution in [3.8, 4) is 0 Å². The lowest BCUT2D eigenvalue weighted by atomic mass is 9.97. The van der Waals surface area contributed by atoms with Crippen LogP contribution in [0.25, 0.3) is 0 Å². The molecule has 2 rings (SSSR count). The molecule has 0 aliphatic rings. The number of carbonyl (C=O) groups excluding carboxylic acids is 2. The van der Waals surface area contributed by atoms with Crippen LogP contribution in [0.3, 0.4) is 0 Å². The van der Waals surface area contributed by atoms with Crippen LogP contribution in [0.5, 0.6) is 0 Å². The van der Waals surface area contributed by atoms with E-state index in [1.807, 2.05) is 0 Å². The van der Waals surface area contributed by atoms with E-state index in [2.05, 4.69) is 0 Å². The molecule has 0 aromatic heterocycles. The van der Waals surface area contributed by atoms with Gasteiger partial charge in [-0.1, -0.05) is 42.5 Å². The summed E-state index contributed by atoms with van der Waals surface area (Å²) in [5.41, 5.74) is -0.915. The van der Waals surface area contributed by atoms with E-state index in [1.165, 1.54) is 36.4 Å². The fourth-order valence-electron chi connectivity index (χ4n) is 1.80. The minimum atomic E-state index is -4.59. The Morgan fingerprint density at radius 2 is 1.55 bits per heavy atom. The van der Waals surface area contributed by atoms with E-state index in [0.717, 1.165) is 12.1 Å². The molecule has 0 saturated heterocycles. The molecular weight excluding hydrogens is 269 g/mol.